The smallest absolute Gasteiger partial charge is 0.211 e. The molecule has 2 N–H and O–H groups in total. The Morgan fingerprint density at radius 2 is 1.72 bits per heavy atom. The van der Waals surface area contributed by atoms with E-state index in [0.29, 0.717) is 19.5 Å². The van der Waals surface area contributed by atoms with Crippen LogP contribution in [0, 0.1) is 0 Å². The Labute approximate surface area is 169 Å². The highest BCUT2D eigenvalue weighted by atomic mass is 127. The molecule has 0 amide bonds. The first kappa shape index (κ1) is 24.1. The predicted molar refractivity (Wildman–Crippen MR) is 116 cm³/mol. The molecule has 1 aromatic carbocycles. The molecular formula is C17H31IN4O2S. The van der Waals surface area contributed by atoms with Gasteiger partial charge in [0, 0.05) is 33.7 Å². The maximum atomic E-state index is 11.3. The van der Waals surface area contributed by atoms with E-state index in [4.69, 9.17) is 0 Å². The van der Waals surface area contributed by atoms with Gasteiger partial charge in [-0.2, -0.15) is 0 Å². The molecule has 0 aliphatic rings. The van der Waals surface area contributed by atoms with Crippen molar-refractivity contribution in [2.24, 2.45) is 4.99 Å². The summed E-state index contributed by atoms with van der Waals surface area (Å²) in [6, 6.07) is 8.59. The van der Waals surface area contributed by atoms with Gasteiger partial charge < -0.3 is 10.2 Å². The van der Waals surface area contributed by atoms with Gasteiger partial charge >= 0.3 is 0 Å². The Morgan fingerprint density at radius 3 is 2.24 bits per heavy atom. The average Bonchev–Trinajstić information content (AvgIpc) is 2.58. The van der Waals surface area contributed by atoms with Crippen molar-refractivity contribution in [3.63, 3.8) is 0 Å². The number of aliphatic imine (C=N–C) groups is 1. The Bertz CT molecular complexity index is 618. The highest BCUT2D eigenvalue weighted by Gasteiger charge is 2.07. The summed E-state index contributed by atoms with van der Waals surface area (Å²) in [5.41, 5.74) is 2.56. The molecule has 0 atom stereocenters. The molecule has 144 valence electrons. The number of guanidine groups is 1. The van der Waals surface area contributed by atoms with E-state index in [9.17, 15) is 8.42 Å². The third-order valence-corrected chi connectivity index (χ3v) is 5.17. The summed E-state index contributed by atoms with van der Waals surface area (Å²) in [6.07, 6.45) is 1.75. The van der Waals surface area contributed by atoms with E-state index in [-0.39, 0.29) is 29.7 Å². The minimum atomic E-state index is -3.11. The van der Waals surface area contributed by atoms with E-state index < -0.39 is 10.0 Å². The molecule has 0 saturated heterocycles. The number of rotatable bonds is 9. The third-order valence-electron chi connectivity index (χ3n) is 3.76. The molecule has 0 bridgehead atoms. The van der Waals surface area contributed by atoms with E-state index in [1.807, 2.05) is 7.05 Å². The highest BCUT2D eigenvalue weighted by molar-refractivity contribution is 14.0. The normalized spacial score (nSPS) is 11.8. The van der Waals surface area contributed by atoms with Crippen LogP contribution in [-0.4, -0.2) is 52.2 Å². The molecular weight excluding hydrogens is 451 g/mol. The molecule has 6 nitrogen and oxygen atoms in total. The number of benzene rings is 1. The number of aryl methyl sites for hydroxylation is 1. The van der Waals surface area contributed by atoms with E-state index in [1.165, 1.54) is 11.1 Å². The second-order valence-electron chi connectivity index (χ2n) is 5.65. The van der Waals surface area contributed by atoms with Gasteiger partial charge in [-0.05, 0) is 30.9 Å². The zero-order chi connectivity index (χ0) is 18.0. The largest absolute Gasteiger partial charge is 0.356 e. The van der Waals surface area contributed by atoms with Crippen LogP contribution < -0.4 is 10.0 Å². The maximum Gasteiger partial charge on any atom is 0.211 e. The Hall–Kier alpha value is -0.870. The summed E-state index contributed by atoms with van der Waals surface area (Å²) >= 11 is 0. The Morgan fingerprint density at radius 1 is 1.12 bits per heavy atom. The van der Waals surface area contributed by atoms with Gasteiger partial charge in [0.25, 0.3) is 0 Å². The fourth-order valence-electron chi connectivity index (χ4n) is 2.23. The van der Waals surface area contributed by atoms with Gasteiger partial charge in [0.15, 0.2) is 5.96 Å². The standard InChI is InChI=1S/C17H30N4O2S.HI/c1-5-15-8-10-16(11-9-15)14-21(4)17(18-3)19-12-7-13-20-24(22,23)6-2;/h8-11,20H,5-7,12-14H2,1-4H3,(H,18,19);1H. The van der Waals surface area contributed by atoms with Crippen LogP contribution in [0.15, 0.2) is 29.3 Å². The number of nitrogens with zero attached hydrogens (tertiary/aromatic N) is 2. The van der Waals surface area contributed by atoms with E-state index in [1.54, 1.807) is 14.0 Å². The number of halogens is 1. The van der Waals surface area contributed by atoms with Crippen LogP contribution in [0.2, 0.25) is 0 Å². The first-order chi connectivity index (χ1) is 11.4. The fourth-order valence-corrected chi connectivity index (χ4v) is 2.89. The van der Waals surface area contributed by atoms with Gasteiger partial charge in [-0.3, -0.25) is 4.99 Å². The van der Waals surface area contributed by atoms with Crippen LogP contribution in [0.25, 0.3) is 0 Å². The van der Waals surface area contributed by atoms with Gasteiger partial charge in [0.1, 0.15) is 0 Å². The van der Waals surface area contributed by atoms with Crippen molar-refractivity contribution in [1.82, 2.24) is 14.9 Å². The molecule has 0 fully saturated rings. The average molecular weight is 482 g/mol. The van der Waals surface area contributed by atoms with E-state index >= 15 is 0 Å². The van der Waals surface area contributed by atoms with Crippen molar-refractivity contribution >= 4 is 40.0 Å². The van der Waals surface area contributed by atoms with Crippen molar-refractivity contribution in [3.8, 4) is 0 Å². The zero-order valence-electron chi connectivity index (χ0n) is 15.6. The van der Waals surface area contributed by atoms with Crippen molar-refractivity contribution < 1.29 is 8.42 Å². The maximum absolute atomic E-state index is 11.3. The minimum Gasteiger partial charge on any atom is -0.356 e. The van der Waals surface area contributed by atoms with Gasteiger partial charge in [-0.25, -0.2) is 13.1 Å². The monoisotopic (exact) mass is 482 g/mol. The quantitative estimate of drug-likeness (QED) is 0.245. The van der Waals surface area contributed by atoms with E-state index in [0.717, 1.165) is 18.9 Å². The predicted octanol–water partition coefficient (Wildman–Crippen LogP) is 2.20. The first-order valence-electron chi connectivity index (χ1n) is 8.38. The molecule has 0 aliphatic carbocycles. The second kappa shape index (κ2) is 12.5. The summed E-state index contributed by atoms with van der Waals surface area (Å²) in [7, 11) is 0.631. The molecule has 8 heteroatoms. The molecule has 1 rings (SSSR count). The van der Waals surface area contributed by atoms with Gasteiger partial charge in [0.05, 0.1) is 5.75 Å². The first-order valence-corrected chi connectivity index (χ1v) is 10.0. The molecule has 0 aliphatic heterocycles. The van der Waals surface area contributed by atoms with Gasteiger partial charge in [-0.1, -0.05) is 31.2 Å². The van der Waals surface area contributed by atoms with Gasteiger partial charge in [0.2, 0.25) is 10.0 Å². The fraction of sp³-hybridized carbons (Fsp3) is 0.588. The lowest BCUT2D eigenvalue weighted by molar-refractivity contribution is 0.475. The van der Waals surface area contributed by atoms with Gasteiger partial charge in [-0.15, -0.1) is 24.0 Å². The molecule has 1 aromatic rings. The summed E-state index contributed by atoms with van der Waals surface area (Å²) in [6.45, 7) is 5.64. The lowest BCUT2D eigenvalue weighted by Gasteiger charge is -2.22. The van der Waals surface area contributed by atoms with Crippen LogP contribution in [-0.2, 0) is 23.0 Å². The van der Waals surface area contributed by atoms with Crippen LogP contribution in [0.5, 0.6) is 0 Å². The lowest BCUT2D eigenvalue weighted by atomic mass is 10.1. The lowest BCUT2D eigenvalue weighted by Crippen LogP contribution is -2.39. The summed E-state index contributed by atoms with van der Waals surface area (Å²) in [5.74, 6) is 0.912. The third kappa shape index (κ3) is 9.41. The molecule has 0 heterocycles. The van der Waals surface area contributed by atoms with Crippen molar-refractivity contribution in [1.29, 1.82) is 0 Å². The molecule has 0 unspecified atom stereocenters. The molecule has 25 heavy (non-hydrogen) atoms. The molecule has 0 saturated carbocycles. The Balaban J connectivity index is 0.00000576. The summed E-state index contributed by atoms with van der Waals surface area (Å²) < 4.78 is 25.3. The zero-order valence-corrected chi connectivity index (χ0v) is 18.7. The number of hydrogen-bond donors (Lipinski definition) is 2. The van der Waals surface area contributed by atoms with Crippen LogP contribution in [0.4, 0.5) is 0 Å². The topological polar surface area (TPSA) is 73.8 Å². The van der Waals surface area contributed by atoms with Crippen molar-refractivity contribution in [2.75, 3.05) is 32.9 Å². The van der Waals surface area contributed by atoms with Crippen LogP contribution in [0.1, 0.15) is 31.4 Å². The summed E-state index contributed by atoms with van der Waals surface area (Å²) in [5, 5.41) is 3.26. The van der Waals surface area contributed by atoms with Crippen LogP contribution >= 0.6 is 24.0 Å². The van der Waals surface area contributed by atoms with Crippen LogP contribution in [0.3, 0.4) is 0 Å². The highest BCUT2D eigenvalue weighted by Crippen LogP contribution is 2.07. The number of hydrogen-bond acceptors (Lipinski definition) is 3. The number of sulfonamides is 1. The molecule has 0 aromatic heterocycles. The Kier molecular flexibility index (Phi) is 12.0. The van der Waals surface area contributed by atoms with E-state index in [2.05, 4.69) is 51.1 Å². The summed E-state index contributed by atoms with van der Waals surface area (Å²) in [4.78, 5) is 6.33. The van der Waals surface area contributed by atoms with Crippen molar-refractivity contribution in [3.05, 3.63) is 35.4 Å². The minimum absolute atomic E-state index is 0. The second-order valence-corrected chi connectivity index (χ2v) is 7.75. The molecule has 0 radical (unpaired) electrons. The number of nitrogens with one attached hydrogen (secondary N) is 2. The SMILES string of the molecule is CCc1ccc(CN(C)C(=NC)NCCCNS(=O)(=O)CC)cc1.I. The van der Waals surface area contributed by atoms with Crippen molar-refractivity contribution in [2.45, 2.75) is 33.2 Å². The molecule has 0 spiro atoms.